The van der Waals surface area contributed by atoms with E-state index >= 15 is 0 Å². The van der Waals surface area contributed by atoms with Gasteiger partial charge in [-0.2, -0.15) is 0 Å². The molecule has 0 atom stereocenters. The van der Waals surface area contributed by atoms with E-state index < -0.39 is 0 Å². The molecular weight excluding hydrogens is 328 g/mol. The van der Waals surface area contributed by atoms with Gasteiger partial charge in [0, 0.05) is 22.0 Å². The van der Waals surface area contributed by atoms with Gasteiger partial charge in [0.15, 0.2) is 5.76 Å². The molecule has 24 heavy (non-hydrogen) atoms. The minimum Gasteiger partial charge on any atom is -0.459 e. The number of furan rings is 1. The van der Waals surface area contributed by atoms with Gasteiger partial charge < -0.3 is 15.1 Å². The highest BCUT2D eigenvalue weighted by molar-refractivity contribution is 6.30. The summed E-state index contributed by atoms with van der Waals surface area (Å²) in [5.41, 5.74) is 1.55. The number of anilines is 2. The average molecular weight is 341 g/mol. The topological polar surface area (TPSA) is 71.3 Å². The molecule has 0 aliphatic heterocycles. The van der Waals surface area contributed by atoms with E-state index in [2.05, 4.69) is 10.6 Å². The minimum atomic E-state index is -0.379. The van der Waals surface area contributed by atoms with E-state index in [0.717, 1.165) is 0 Å². The van der Waals surface area contributed by atoms with Gasteiger partial charge in [-0.1, -0.05) is 17.7 Å². The molecule has 1 aromatic heterocycles. The lowest BCUT2D eigenvalue weighted by molar-refractivity contribution is 0.0993. The van der Waals surface area contributed by atoms with Crippen molar-refractivity contribution < 1.29 is 14.0 Å². The van der Waals surface area contributed by atoms with Crippen LogP contribution in [0.4, 0.5) is 11.4 Å². The Hall–Kier alpha value is -3.05. The number of amides is 2. The smallest absolute Gasteiger partial charge is 0.291 e. The third-order valence-corrected chi connectivity index (χ3v) is 3.48. The fraction of sp³-hybridized carbons (Fsp3) is 0. The number of hydrogen-bond donors (Lipinski definition) is 2. The quantitative estimate of drug-likeness (QED) is 0.737. The highest BCUT2D eigenvalue weighted by Gasteiger charge is 2.11. The summed E-state index contributed by atoms with van der Waals surface area (Å²) in [5, 5.41) is 6.04. The summed E-state index contributed by atoms with van der Waals surface area (Å²) in [4.78, 5) is 24.3. The molecule has 0 aliphatic carbocycles. The van der Waals surface area contributed by atoms with Crippen molar-refractivity contribution in [3.8, 4) is 0 Å². The van der Waals surface area contributed by atoms with E-state index in [9.17, 15) is 9.59 Å². The first kappa shape index (κ1) is 15.8. The summed E-state index contributed by atoms with van der Waals surface area (Å²) in [6.45, 7) is 0. The highest BCUT2D eigenvalue weighted by Crippen LogP contribution is 2.17. The van der Waals surface area contributed by atoms with Crippen LogP contribution in [-0.2, 0) is 0 Å². The van der Waals surface area contributed by atoms with E-state index in [1.165, 1.54) is 6.26 Å². The summed E-state index contributed by atoms with van der Waals surface area (Å²) >= 11 is 5.82. The lowest BCUT2D eigenvalue weighted by Crippen LogP contribution is -2.14. The Kier molecular flexibility index (Phi) is 4.63. The van der Waals surface area contributed by atoms with Crippen LogP contribution in [0.15, 0.2) is 71.3 Å². The van der Waals surface area contributed by atoms with Gasteiger partial charge in [-0.3, -0.25) is 9.59 Å². The Labute approximate surface area is 143 Å². The molecule has 5 nitrogen and oxygen atoms in total. The molecule has 0 saturated heterocycles. The molecule has 0 radical (unpaired) electrons. The second-order valence-electron chi connectivity index (χ2n) is 4.97. The first-order valence-electron chi connectivity index (χ1n) is 7.14. The Bertz CT molecular complexity index is 858. The molecule has 120 valence electrons. The molecule has 2 aromatic carbocycles. The summed E-state index contributed by atoms with van der Waals surface area (Å²) in [5.74, 6) is -0.465. The molecule has 3 rings (SSSR count). The van der Waals surface area contributed by atoms with Crippen molar-refractivity contribution in [2.24, 2.45) is 0 Å². The van der Waals surface area contributed by atoms with Gasteiger partial charge in [-0.15, -0.1) is 0 Å². The number of nitrogens with one attached hydrogen (secondary N) is 2. The molecule has 0 aliphatic rings. The van der Waals surface area contributed by atoms with Crippen molar-refractivity contribution >= 4 is 34.8 Å². The van der Waals surface area contributed by atoms with Gasteiger partial charge in [0.2, 0.25) is 0 Å². The fourth-order valence-corrected chi connectivity index (χ4v) is 2.20. The summed E-state index contributed by atoms with van der Waals surface area (Å²) in [6, 6.07) is 16.6. The van der Waals surface area contributed by atoms with E-state index in [1.807, 2.05) is 0 Å². The zero-order chi connectivity index (χ0) is 16.9. The predicted molar refractivity (Wildman–Crippen MR) is 92.5 cm³/mol. The summed E-state index contributed by atoms with van der Waals surface area (Å²) in [7, 11) is 0. The highest BCUT2D eigenvalue weighted by atomic mass is 35.5. The largest absolute Gasteiger partial charge is 0.459 e. The van der Waals surface area contributed by atoms with Crippen LogP contribution >= 0.6 is 11.6 Å². The molecule has 2 N–H and O–H groups in total. The van der Waals surface area contributed by atoms with Crippen molar-refractivity contribution in [3.63, 3.8) is 0 Å². The van der Waals surface area contributed by atoms with Gasteiger partial charge >= 0.3 is 0 Å². The summed E-state index contributed by atoms with van der Waals surface area (Å²) < 4.78 is 5.03. The van der Waals surface area contributed by atoms with Crippen LogP contribution < -0.4 is 10.6 Å². The van der Waals surface area contributed by atoms with E-state index in [0.29, 0.717) is 22.0 Å². The van der Waals surface area contributed by atoms with Crippen molar-refractivity contribution in [1.82, 2.24) is 0 Å². The molecule has 0 spiro atoms. The molecule has 0 saturated carbocycles. The van der Waals surface area contributed by atoms with Crippen molar-refractivity contribution in [3.05, 3.63) is 83.3 Å². The van der Waals surface area contributed by atoms with Gasteiger partial charge in [0.05, 0.1) is 6.26 Å². The van der Waals surface area contributed by atoms with Crippen LogP contribution in [0.1, 0.15) is 20.9 Å². The third kappa shape index (κ3) is 3.83. The zero-order valence-corrected chi connectivity index (χ0v) is 13.2. The zero-order valence-electron chi connectivity index (χ0n) is 12.5. The molecular formula is C18H13ClN2O3. The predicted octanol–water partition coefficient (Wildman–Crippen LogP) is 4.44. The number of carbonyl (C=O) groups excluding carboxylic acids is 2. The van der Waals surface area contributed by atoms with Crippen LogP contribution in [0.2, 0.25) is 5.02 Å². The summed E-state index contributed by atoms with van der Waals surface area (Å²) in [6.07, 6.45) is 1.42. The number of carbonyl (C=O) groups is 2. The Morgan fingerprint density at radius 2 is 1.58 bits per heavy atom. The number of hydrogen-bond acceptors (Lipinski definition) is 3. The number of halogens is 1. The van der Waals surface area contributed by atoms with Crippen LogP contribution in [-0.4, -0.2) is 11.8 Å². The van der Waals surface area contributed by atoms with E-state index in [-0.39, 0.29) is 17.6 Å². The first-order valence-corrected chi connectivity index (χ1v) is 7.51. The SMILES string of the molecule is O=C(Nc1ccc(Cl)cc1)c1cccc(NC(=O)c2ccco2)c1. The van der Waals surface area contributed by atoms with Gasteiger partial charge in [-0.05, 0) is 54.6 Å². The molecule has 0 fully saturated rings. The molecule has 0 unspecified atom stereocenters. The Balaban J connectivity index is 1.71. The molecule has 1 heterocycles. The second-order valence-corrected chi connectivity index (χ2v) is 5.41. The maximum Gasteiger partial charge on any atom is 0.291 e. The van der Waals surface area contributed by atoms with Crippen LogP contribution in [0, 0.1) is 0 Å². The van der Waals surface area contributed by atoms with Gasteiger partial charge in [0.1, 0.15) is 0 Å². The second kappa shape index (κ2) is 7.02. The lowest BCUT2D eigenvalue weighted by Gasteiger charge is -2.08. The van der Waals surface area contributed by atoms with Gasteiger partial charge in [-0.25, -0.2) is 0 Å². The van der Waals surface area contributed by atoms with Gasteiger partial charge in [0.25, 0.3) is 11.8 Å². The van der Waals surface area contributed by atoms with Crippen LogP contribution in [0.25, 0.3) is 0 Å². The van der Waals surface area contributed by atoms with Crippen molar-refractivity contribution in [1.29, 1.82) is 0 Å². The van der Waals surface area contributed by atoms with Crippen molar-refractivity contribution in [2.75, 3.05) is 10.6 Å². The monoisotopic (exact) mass is 340 g/mol. The lowest BCUT2D eigenvalue weighted by atomic mass is 10.1. The average Bonchev–Trinajstić information content (AvgIpc) is 3.12. The Morgan fingerprint density at radius 1 is 0.833 bits per heavy atom. The van der Waals surface area contributed by atoms with Crippen LogP contribution in [0.5, 0.6) is 0 Å². The standard InChI is InChI=1S/C18H13ClN2O3/c19-13-6-8-14(9-7-13)20-17(22)12-3-1-4-15(11-12)21-18(23)16-5-2-10-24-16/h1-11H,(H,20,22)(H,21,23). The molecule has 2 amide bonds. The fourth-order valence-electron chi connectivity index (χ4n) is 2.08. The van der Waals surface area contributed by atoms with Crippen molar-refractivity contribution in [2.45, 2.75) is 0 Å². The minimum absolute atomic E-state index is 0.200. The van der Waals surface area contributed by atoms with E-state index in [1.54, 1.807) is 60.7 Å². The number of benzene rings is 2. The maximum absolute atomic E-state index is 12.3. The number of rotatable bonds is 4. The third-order valence-electron chi connectivity index (χ3n) is 3.23. The van der Waals surface area contributed by atoms with E-state index in [4.69, 9.17) is 16.0 Å². The van der Waals surface area contributed by atoms with Crippen LogP contribution in [0.3, 0.4) is 0 Å². The Morgan fingerprint density at radius 3 is 2.29 bits per heavy atom. The molecule has 0 bridgehead atoms. The molecule has 6 heteroatoms. The molecule has 3 aromatic rings. The maximum atomic E-state index is 12.3. The first-order chi connectivity index (χ1) is 11.6. The normalized spacial score (nSPS) is 10.2.